The van der Waals surface area contributed by atoms with Crippen molar-refractivity contribution in [1.82, 2.24) is 10.6 Å². The quantitative estimate of drug-likeness (QED) is 0.661. The van der Waals surface area contributed by atoms with E-state index >= 15 is 0 Å². The average molecular weight is 230 g/mol. The summed E-state index contributed by atoms with van der Waals surface area (Å²) in [5.41, 5.74) is -1.42. The lowest BCUT2D eigenvalue weighted by molar-refractivity contribution is -0.124. The van der Waals surface area contributed by atoms with Crippen LogP contribution in [0.15, 0.2) is 0 Å². The first-order chi connectivity index (χ1) is 6.97. The first-order valence-corrected chi connectivity index (χ1v) is 5.78. The minimum atomic E-state index is -0.890. The summed E-state index contributed by atoms with van der Waals surface area (Å²) in [5.74, 6) is -0.0488. The molecule has 3 N–H and O–H groups in total. The fourth-order valence-corrected chi connectivity index (χ4v) is 1.19. The molecule has 16 heavy (non-hydrogen) atoms. The molecule has 0 aliphatic heterocycles. The molecule has 4 nitrogen and oxygen atoms in total. The summed E-state index contributed by atoms with van der Waals surface area (Å²) in [7, 11) is 0. The Hall–Kier alpha value is -0.610. The third-order valence-electron chi connectivity index (χ3n) is 2.93. The number of nitrogens with one attached hydrogen (secondary N) is 2. The van der Waals surface area contributed by atoms with E-state index in [0.29, 0.717) is 0 Å². The number of amides is 1. The second-order valence-electron chi connectivity index (χ2n) is 5.71. The zero-order valence-electron chi connectivity index (χ0n) is 11.5. The van der Waals surface area contributed by atoms with E-state index in [1.807, 2.05) is 27.7 Å². The van der Waals surface area contributed by atoms with Crippen molar-refractivity contribution in [3.8, 4) is 0 Å². The van der Waals surface area contributed by atoms with E-state index in [1.54, 1.807) is 20.8 Å². The van der Waals surface area contributed by atoms with E-state index in [0.717, 1.165) is 0 Å². The molecule has 0 aliphatic carbocycles. The van der Waals surface area contributed by atoms with Crippen LogP contribution in [-0.2, 0) is 4.79 Å². The standard InChI is InChI=1S/C12H26N2O2/c1-8(2)13-10(15)9(3)14-11(4,5)12(6,7)16/h8-9,14,16H,1-7H3,(H,13,15). The van der Waals surface area contributed by atoms with Gasteiger partial charge in [-0.2, -0.15) is 0 Å². The number of rotatable bonds is 5. The molecule has 0 spiro atoms. The van der Waals surface area contributed by atoms with Crippen LogP contribution in [-0.4, -0.2) is 34.2 Å². The van der Waals surface area contributed by atoms with Crippen LogP contribution in [0.4, 0.5) is 0 Å². The zero-order chi connectivity index (χ0) is 13.1. The monoisotopic (exact) mass is 230 g/mol. The average Bonchev–Trinajstić information content (AvgIpc) is 1.99. The molecule has 0 saturated heterocycles. The maximum absolute atomic E-state index is 11.7. The molecule has 0 aromatic carbocycles. The van der Waals surface area contributed by atoms with E-state index in [2.05, 4.69) is 10.6 Å². The number of hydrogen-bond donors (Lipinski definition) is 3. The Kier molecular flexibility index (Phi) is 4.95. The highest BCUT2D eigenvalue weighted by Crippen LogP contribution is 2.21. The van der Waals surface area contributed by atoms with Crippen LogP contribution < -0.4 is 10.6 Å². The van der Waals surface area contributed by atoms with Crippen LogP contribution in [0.3, 0.4) is 0 Å². The molecule has 0 saturated carbocycles. The summed E-state index contributed by atoms with van der Waals surface area (Å²) in [6.45, 7) is 12.9. The Bertz CT molecular complexity index is 242. The Balaban J connectivity index is 4.45. The van der Waals surface area contributed by atoms with Gasteiger partial charge in [0, 0.05) is 11.6 Å². The molecule has 0 aliphatic rings. The van der Waals surface area contributed by atoms with Crippen molar-refractivity contribution < 1.29 is 9.90 Å². The lowest BCUT2D eigenvalue weighted by atomic mass is 9.85. The Morgan fingerprint density at radius 1 is 1.12 bits per heavy atom. The topological polar surface area (TPSA) is 61.4 Å². The van der Waals surface area contributed by atoms with Crippen molar-refractivity contribution in [2.75, 3.05) is 0 Å². The summed E-state index contributed by atoms with van der Waals surface area (Å²) >= 11 is 0. The van der Waals surface area contributed by atoms with Gasteiger partial charge in [-0.1, -0.05) is 0 Å². The number of carbonyl (C=O) groups excluding carboxylic acids is 1. The summed E-state index contributed by atoms with van der Waals surface area (Å²) in [6, 6.07) is -0.203. The molecule has 1 unspecified atom stereocenters. The van der Waals surface area contributed by atoms with Crippen molar-refractivity contribution >= 4 is 5.91 Å². The molecule has 0 aromatic rings. The summed E-state index contributed by atoms with van der Waals surface area (Å²) in [4.78, 5) is 11.7. The number of hydrogen-bond acceptors (Lipinski definition) is 3. The minimum Gasteiger partial charge on any atom is -0.389 e. The van der Waals surface area contributed by atoms with Gasteiger partial charge in [0.1, 0.15) is 0 Å². The van der Waals surface area contributed by atoms with E-state index in [1.165, 1.54) is 0 Å². The Morgan fingerprint density at radius 3 is 1.88 bits per heavy atom. The molecule has 0 bridgehead atoms. The fraction of sp³-hybridized carbons (Fsp3) is 0.917. The predicted octanol–water partition coefficient (Wildman–Crippen LogP) is 1.04. The third-order valence-corrected chi connectivity index (χ3v) is 2.93. The van der Waals surface area contributed by atoms with Crippen molar-refractivity contribution in [2.45, 2.75) is 71.7 Å². The van der Waals surface area contributed by atoms with Crippen molar-refractivity contribution in [3.63, 3.8) is 0 Å². The smallest absolute Gasteiger partial charge is 0.237 e. The molecule has 96 valence electrons. The lowest BCUT2D eigenvalue weighted by Crippen LogP contribution is -2.61. The maximum atomic E-state index is 11.7. The highest BCUT2D eigenvalue weighted by Gasteiger charge is 2.36. The SMILES string of the molecule is CC(C)NC(=O)C(C)NC(C)(C)C(C)(C)O. The van der Waals surface area contributed by atoms with Crippen LogP contribution in [0.2, 0.25) is 0 Å². The fourth-order valence-electron chi connectivity index (χ4n) is 1.19. The van der Waals surface area contributed by atoms with E-state index in [9.17, 15) is 9.90 Å². The van der Waals surface area contributed by atoms with Crippen molar-refractivity contribution in [2.24, 2.45) is 0 Å². The molecule has 0 heterocycles. The van der Waals surface area contributed by atoms with Crippen LogP contribution in [0.5, 0.6) is 0 Å². The first-order valence-electron chi connectivity index (χ1n) is 5.78. The van der Waals surface area contributed by atoms with Gasteiger partial charge in [0.2, 0.25) is 5.91 Å². The van der Waals surface area contributed by atoms with Gasteiger partial charge in [-0.25, -0.2) is 0 Å². The molecule has 0 rings (SSSR count). The largest absolute Gasteiger partial charge is 0.389 e. The molecular formula is C12H26N2O2. The Labute approximate surface area is 98.8 Å². The van der Waals surface area contributed by atoms with Gasteiger partial charge in [0.15, 0.2) is 0 Å². The molecular weight excluding hydrogens is 204 g/mol. The van der Waals surface area contributed by atoms with Gasteiger partial charge >= 0.3 is 0 Å². The van der Waals surface area contributed by atoms with Gasteiger partial charge in [0.25, 0.3) is 0 Å². The first kappa shape index (κ1) is 15.4. The zero-order valence-corrected chi connectivity index (χ0v) is 11.5. The van der Waals surface area contributed by atoms with E-state index in [4.69, 9.17) is 0 Å². The summed E-state index contributed by atoms with van der Waals surface area (Å²) in [5, 5.41) is 15.9. The number of aliphatic hydroxyl groups is 1. The van der Waals surface area contributed by atoms with Gasteiger partial charge in [-0.3, -0.25) is 10.1 Å². The highest BCUT2D eigenvalue weighted by molar-refractivity contribution is 5.81. The minimum absolute atomic E-state index is 0.0488. The normalized spacial score (nSPS) is 15.1. The van der Waals surface area contributed by atoms with Gasteiger partial charge in [-0.05, 0) is 48.5 Å². The maximum Gasteiger partial charge on any atom is 0.237 e. The lowest BCUT2D eigenvalue weighted by Gasteiger charge is -2.40. The van der Waals surface area contributed by atoms with E-state index in [-0.39, 0.29) is 18.0 Å². The van der Waals surface area contributed by atoms with E-state index < -0.39 is 11.1 Å². The van der Waals surface area contributed by atoms with Crippen LogP contribution in [0.1, 0.15) is 48.5 Å². The second-order valence-corrected chi connectivity index (χ2v) is 5.71. The van der Waals surface area contributed by atoms with Crippen molar-refractivity contribution in [3.05, 3.63) is 0 Å². The second kappa shape index (κ2) is 5.15. The van der Waals surface area contributed by atoms with Crippen LogP contribution in [0, 0.1) is 0 Å². The number of carbonyl (C=O) groups is 1. The molecule has 0 fully saturated rings. The summed E-state index contributed by atoms with van der Waals surface area (Å²) < 4.78 is 0. The molecule has 0 aromatic heterocycles. The molecule has 1 atom stereocenters. The molecule has 1 amide bonds. The Morgan fingerprint density at radius 2 is 1.56 bits per heavy atom. The van der Waals surface area contributed by atoms with Gasteiger partial charge in [-0.15, -0.1) is 0 Å². The van der Waals surface area contributed by atoms with Crippen LogP contribution >= 0.6 is 0 Å². The van der Waals surface area contributed by atoms with Gasteiger partial charge in [0.05, 0.1) is 11.6 Å². The molecule has 4 heteroatoms. The van der Waals surface area contributed by atoms with Crippen molar-refractivity contribution in [1.29, 1.82) is 0 Å². The van der Waals surface area contributed by atoms with Crippen LogP contribution in [0.25, 0.3) is 0 Å². The molecule has 0 radical (unpaired) electrons. The summed E-state index contributed by atoms with van der Waals surface area (Å²) in [6.07, 6.45) is 0. The van der Waals surface area contributed by atoms with Gasteiger partial charge < -0.3 is 10.4 Å². The predicted molar refractivity (Wildman–Crippen MR) is 66.3 cm³/mol. The highest BCUT2D eigenvalue weighted by atomic mass is 16.3. The third kappa shape index (κ3) is 4.49.